The molecule has 102 valence electrons. The summed E-state index contributed by atoms with van der Waals surface area (Å²) in [6, 6.07) is 0.364. The van der Waals surface area contributed by atoms with Crippen molar-refractivity contribution < 1.29 is 9.90 Å². The number of anilines is 1. The van der Waals surface area contributed by atoms with Crippen molar-refractivity contribution in [2.45, 2.75) is 44.2 Å². The summed E-state index contributed by atoms with van der Waals surface area (Å²) < 4.78 is 1.72. The van der Waals surface area contributed by atoms with Crippen LogP contribution in [0.2, 0.25) is 0 Å². The molecule has 0 aliphatic heterocycles. The first kappa shape index (κ1) is 12.2. The first-order valence-corrected chi connectivity index (χ1v) is 6.71. The summed E-state index contributed by atoms with van der Waals surface area (Å²) in [6.07, 6.45) is 7.45. The van der Waals surface area contributed by atoms with Crippen LogP contribution in [-0.4, -0.2) is 26.7 Å². The minimum atomic E-state index is -0.749. The third-order valence-corrected chi connectivity index (χ3v) is 3.93. The van der Waals surface area contributed by atoms with E-state index in [4.69, 9.17) is 5.11 Å². The minimum absolute atomic E-state index is 0.0383. The number of nitrogens with zero attached hydrogens (tertiary/aromatic N) is 2. The molecule has 0 radical (unpaired) electrons. The van der Waals surface area contributed by atoms with Gasteiger partial charge in [-0.2, -0.15) is 0 Å². The summed E-state index contributed by atoms with van der Waals surface area (Å²) in [4.78, 5) is 27.2. The Bertz CT molecular complexity index is 550. The van der Waals surface area contributed by atoms with Gasteiger partial charge in [-0.1, -0.05) is 0 Å². The van der Waals surface area contributed by atoms with Crippen LogP contribution >= 0.6 is 0 Å². The summed E-state index contributed by atoms with van der Waals surface area (Å²) in [5.41, 5.74) is -0.0937. The van der Waals surface area contributed by atoms with Crippen molar-refractivity contribution >= 4 is 11.8 Å². The second-order valence-corrected chi connectivity index (χ2v) is 5.41. The summed E-state index contributed by atoms with van der Waals surface area (Å²) in [5, 5.41) is 12.1. The van der Waals surface area contributed by atoms with Gasteiger partial charge in [0.25, 0.3) is 5.56 Å². The van der Waals surface area contributed by atoms with Crippen LogP contribution in [0.15, 0.2) is 17.2 Å². The maximum atomic E-state index is 12.2. The molecule has 2 aliphatic carbocycles. The maximum Gasteiger partial charge on any atom is 0.306 e. The molecule has 2 fully saturated rings. The fraction of sp³-hybridized carbons (Fsp3) is 0.615. The van der Waals surface area contributed by atoms with Gasteiger partial charge in [-0.3, -0.25) is 9.59 Å². The lowest BCUT2D eigenvalue weighted by molar-refractivity contribution is -0.141. The van der Waals surface area contributed by atoms with Crippen LogP contribution in [0.25, 0.3) is 0 Å². The molecule has 0 aromatic carbocycles. The van der Waals surface area contributed by atoms with Gasteiger partial charge < -0.3 is 15.0 Å². The number of aliphatic carboxylic acids is 1. The van der Waals surface area contributed by atoms with E-state index in [9.17, 15) is 9.59 Å². The van der Waals surface area contributed by atoms with Crippen molar-refractivity contribution in [2.24, 2.45) is 5.92 Å². The van der Waals surface area contributed by atoms with E-state index in [0.717, 1.165) is 19.3 Å². The zero-order valence-electron chi connectivity index (χ0n) is 10.6. The van der Waals surface area contributed by atoms with Gasteiger partial charge in [-0.15, -0.1) is 0 Å². The molecule has 6 nitrogen and oxygen atoms in total. The highest BCUT2D eigenvalue weighted by Crippen LogP contribution is 2.33. The predicted octanol–water partition coefficient (Wildman–Crippen LogP) is 1.24. The van der Waals surface area contributed by atoms with Gasteiger partial charge in [0, 0.05) is 24.5 Å². The second-order valence-electron chi connectivity index (χ2n) is 5.41. The molecule has 0 saturated heterocycles. The molecule has 1 aromatic rings. The van der Waals surface area contributed by atoms with Gasteiger partial charge >= 0.3 is 5.97 Å². The molecule has 3 rings (SSSR count). The average Bonchev–Trinajstić information content (AvgIpc) is 3.11. The molecule has 1 aromatic heterocycles. The van der Waals surface area contributed by atoms with Crippen LogP contribution in [0.3, 0.4) is 0 Å². The Labute approximate surface area is 110 Å². The Kier molecular flexibility index (Phi) is 3.00. The topological polar surface area (TPSA) is 84.2 Å². The van der Waals surface area contributed by atoms with Crippen LogP contribution in [0.4, 0.5) is 5.82 Å². The van der Waals surface area contributed by atoms with Crippen molar-refractivity contribution in [1.29, 1.82) is 0 Å². The van der Waals surface area contributed by atoms with Crippen LogP contribution < -0.4 is 10.9 Å². The SMILES string of the molecule is O=C(O)[C@@H]1CC[C@H](Nc2nccn(C3CC3)c2=O)C1. The van der Waals surface area contributed by atoms with E-state index in [-0.39, 0.29) is 17.5 Å². The van der Waals surface area contributed by atoms with E-state index in [1.165, 1.54) is 0 Å². The second kappa shape index (κ2) is 4.68. The molecule has 0 bridgehead atoms. The summed E-state index contributed by atoms with van der Waals surface area (Å²) in [7, 11) is 0. The number of nitrogens with one attached hydrogen (secondary N) is 1. The molecule has 0 unspecified atom stereocenters. The van der Waals surface area contributed by atoms with Crippen LogP contribution in [-0.2, 0) is 4.79 Å². The molecule has 6 heteroatoms. The highest BCUT2D eigenvalue weighted by atomic mass is 16.4. The van der Waals surface area contributed by atoms with Crippen LogP contribution in [0.5, 0.6) is 0 Å². The van der Waals surface area contributed by atoms with E-state index >= 15 is 0 Å². The molecule has 2 saturated carbocycles. The maximum absolute atomic E-state index is 12.2. The molecule has 0 amide bonds. The Morgan fingerprint density at radius 2 is 2.16 bits per heavy atom. The molecule has 19 heavy (non-hydrogen) atoms. The van der Waals surface area contributed by atoms with Gasteiger partial charge in [-0.25, -0.2) is 4.98 Å². The number of aromatic nitrogens is 2. The van der Waals surface area contributed by atoms with Crippen molar-refractivity contribution in [3.63, 3.8) is 0 Å². The van der Waals surface area contributed by atoms with Crippen LogP contribution in [0, 0.1) is 5.92 Å². The number of hydrogen-bond donors (Lipinski definition) is 2. The Hall–Kier alpha value is -1.85. The van der Waals surface area contributed by atoms with Gasteiger partial charge in [-0.05, 0) is 32.1 Å². The minimum Gasteiger partial charge on any atom is -0.481 e. The fourth-order valence-corrected chi connectivity index (χ4v) is 2.69. The largest absolute Gasteiger partial charge is 0.481 e. The monoisotopic (exact) mass is 263 g/mol. The van der Waals surface area contributed by atoms with E-state index < -0.39 is 5.97 Å². The van der Waals surface area contributed by atoms with Crippen molar-refractivity contribution in [1.82, 2.24) is 9.55 Å². The molecule has 2 atom stereocenters. The van der Waals surface area contributed by atoms with Gasteiger partial charge in [0.15, 0.2) is 5.82 Å². The van der Waals surface area contributed by atoms with E-state index in [1.54, 1.807) is 17.0 Å². The standard InChI is InChI=1S/C13H17N3O3/c17-12-11(14-5-6-16(12)10-3-4-10)15-9-2-1-8(7-9)13(18)19/h5-6,8-10H,1-4,7H2,(H,14,15)(H,18,19)/t8-,9+/m1/s1. The van der Waals surface area contributed by atoms with E-state index in [1.807, 2.05) is 0 Å². The smallest absolute Gasteiger partial charge is 0.306 e. The number of carboxylic acids is 1. The fourth-order valence-electron chi connectivity index (χ4n) is 2.69. The van der Waals surface area contributed by atoms with Crippen LogP contribution in [0.1, 0.15) is 38.1 Å². The molecule has 2 N–H and O–H groups in total. The molecule has 2 aliphatic rings. The lowest BCUT2D eigenvalue weighted by atomic mass is 10.1. The quantitative estimate of drug-likeness (QED) is 0.854. The molecule has 1 heterocycles. The summed E-state index contributed by atoms with van der Waals surface area (Å²) in [5.74, 6) is -0.696. The van der Waals surface area contributed by atoms with E-state index in [0.29, 0.717) is 24.7 Å². The van der Waals surface area contributed by atoms with E-state index in [2.05, 4.69) is 10.3 Å². The number of hydrogen-bond acceptors (Lipinski definition) is 4. The van der Waals surface area contributed by atoms with Gasteiger partial charge in [0.2, 0.25) is 0 Å². The highest BCUT2D eigenvalue weighted by Gasteiger charge is 2.31. The number of carbonyl (C=O) groups is 1. The average molecular weight is 263 g/mol. The molecular weight excluding hydrogens is 246 g/mol. The van der Waals surface area contributed by atoms with Gasteiger partial charge in [0.1, 0.15) is 0 Å². The summed E-state index contributed by atoms with van der Waals surface area (Å²) in [6.45, 7) is 0. The highest BCUT2D eigenvalue weighted by molar-refractivity contribution is 5.70. The number of carboxylic acid groups (broad SMARTS) is 1. The van der Waals surface area contributed by atoms with Gasteiger partial charge in [0.05, 0.1) is 5.92 Å². The number of rotatable bonds is 4. The zero-order valence-corrected chi connectivity index (χ0v) is 10.6. The van der Waals surface area contributed by atoms with Crippen molar-refractivity contribution in [3.8, 4) is 0 Å². The third kappa shape index (κ3) is 2.47. The predicted molar refractivity (Wildman–Crippen MR) is 69.2 cm³/mol. The Balaban J connectivity index is 1.72. The zero-order chi connectivity index (χ0) is 13.4. The van der Waals surface area contributed by atoms with Crippen molar-refractivity contribution in [3.05, 3.63) is 22.7 Å². The lowest BCUT2D eigenvalue weighted by Gasteiger charge is -2.13. The molecule has 0 spiro atoms. The third-order valence-electron chi connectivity index (χ3n) is 3.93. The van der Waals surface area contributed by atoms with Crippen molar-refractivity contribution in [2.75, 3.05) is 5.32 Å². The normalized spacial score (nSPS) is 26.3. The Morgan fingerprint density at radius 1 is 1.37 bits per heavy atom. The first-order valence-electron chi connectivity index (χ1n) is 6.71. The lowest BCUT2D eigenvalue weighted by Crippen LogP contribution is -2.28. The molecular formula is C13H17N3O3. The Morgan fingerprint density at radius 3 is 2.79 bits per heavy atom. The first-order chi connectivity index (χ1) is 9.15. The summed E-state index contributed by atoms with van der Waals surface area (Å²) >= 11 is 0.